The number of imidazole rings is 1. The van der Waals surface area contributed by atoms with Gasteiger partial charge in [-0.2, -0.15) is 0 Å². The van der Waals surface area contributed by atoms with E-state index in [2.05, 4.69) is 20.3 Å². The van der Waals surface area contributed by atoms with E-state index >= 15 is 4.39 Å². The monoisotopic (exact) mass is 429 g/mol. The lowest BCUT2D eigenvalue weighted by Gasteiger charge is -2.28. The molecule has 31 heavy (non-hydrogen) atoms. The second kappa shape index (κ2) is 8.14. The number of aromatic nitrogens is 4. The number of ether oxygens (including phenoxy) is 1. The van der Waals surface area contributed by atoms with Gasteiger partial charge in [-0.1, -0.05) is 13.8 Å². The molecule has 166 valence electrons. The van der Waals surface area contributed by atoms with E-state index in [1.807, 2.05) is 13.8 Å². The summed E-state index contributed by atoms with van der Waals surface area (Å²) in [5.41, 5.74) is 1.27. The number of aliphatic hydroxyl groups is 2. The van der Waals surface area contributed by atoms with Gasteiger partial charge in [0.2, 0.25) is 5.95 Å². The molecular weight excluding hydrogens is 401 g/mol. The summed E-state index contributed by atoms with van der Waals surface area (Å²) in [6, 6.07) is 2.88. The second-order valence-corrected chi connectivity index (χ2v) is 8.78. The molecule has 0 aromatic carbocycles. The molecule has 9 heteroatoms. The van der Waals surface area contributed by atoms with Gasteiger partial charge in [0.15, 0.2) is 11.5 Å². The molecule has 1 saturated heterocycles. The van der Waals surface area contributed by atoms with Crippen LogP contribution in [0.3, 0.4) is 0 Å². The van der Waals surface area contributed by atoms with E-state index in [1.165, 1.54) is 6.07 Å². The van der Waals surface area contributed by atoms with E-state index in [0.29, 0.717) is 35.9 Å². The Labute approximate surface area is 180 Å². The summed E-state index contributed by atoms with van der Waals surface area (Å²) in [6.45, 7) is 8.07. The molecule has 0 radical (unpaired) electrons. The first-order chi connectivity index (χ1) is 14.6. The third-order valence-corrected chi connectivity index (χ3v) is 5.43. The third-order valence-electron chi connectivity index (χ3n) is 5.43. The first-order valence-electron chi connectivity index (χ1n) is 10.4. The SMILES string of the molecule is CC(C)c1c(C(C)(C)O)nc2c(F)cc(-c3ccnc(N[C@@H]4CCOC[C@H]4O)n3)cn12. The summed E-state index contributed by atoms with van der Waals surface area (Å²) < 4.78 is 22.0. The molecule has 0 spiro atoms. The van der Waals surface area contributed by atoms with Gasteiger partial charge in [0.1, 0.15) is 5.60 Å². The summed E-state index contributed by atoms with van der Waals surface area (Å²) in [7, 11) is 0. The smallest absolute Gasteiger partial charge is 0.223 e. The molecule has 4 heterocycles. The Morgan fingerprint density at radius 2 is 2.10 bits per heavy atom. The van der Waals surface area contributed by atoms with E-state index in [0.717, 1.165) is 5.69 Å². The number of nitrogens with one attached hydrogen (secondary N) is 1. The third kappa shape index (κ3) is 4.26. The van der Waals surface area contributed by atoms with Gasteiger partial charge < -0.3 is 24.7 Å². The van der Waals surface area contributed by atoms with Gasteiger partial charge in [0.05, 0.1) is 35.8 Å². The molecular formula is C22H28FN5O3. The lowest BCUT2D eigenvalue weighted by atomic mass is 9.98. The molecule has 0 amide bonds. The predicted molar refractivity (Wildman–Crippen MR) is 114 cm³/mol. The average Bonchev–Trinajstić information content (AvgIpc) is 3.11. The van der Waals surface area contributed by atoms with Crippen molar-refractivity contribution in [1.29, 1.82) is 0 Å². The largest absolute Gasteiger partial charge is 0.389 e. The van der Waals surface area contributed by atoms with Crippen molar-refractivity contribution in [1.82, 2.24) is 19.4 Å². The molecule has 0 bridgehead atoms. The molecule has 0 aliphatic carbocycles. The molecule has 4 rings (SSSR count). The van der Waals surface area contributed by atoms with Crippen LogP contribution in [0.1, 0.15) is 51.4 Å². The van der Waals surface area contributed by atoms with Gasteiger partial charge in [-0.3, -0.25) is 0 Å². The van der Waals surface area contributed by atoms with Crippen molar-refractivity contribution >= 4 is 11.6 Å². The minimum absolute atomic E-state index is 0.0173. The molecule has 1 fully saturated rings. The van der Waals surface area contributed by atoms with Gasteiger partial charge in [0, 0.05) is 24.6 Å². The molecule has 3 N–H and O–H groups in total. The van der Waals surface area contributed by atoms with E-state index in [9.17, 15) is 10.2 Å². The van der Waals surface area contributed by atoms with Crippen LogP contribution >= 0.6 is 0 Å². The number of nitrogens with zero attached hydrogens (tertiary/aromatic N) is 4. The van der Waals surface area contributed by atoms with Crippen molar-refractivity contribution in [2.75, 3.05) is 18.5 Å². The second-order valence-electron chi connectivity index (χ2n) is 8.78. The maximum absolute atomic E-state index is 15.0. The first kappa shape index (κ1) is 21.6. The van der Waals surface area contributed by atoms with Crippen LogP contribution in [0.4, 0.5) is 10.3 Å². The lowest BCUT2D eigenvalue weighted by molar-refractivity contribution is -0.0136. The Bertz CT molecular complexity index is 1090. The first-order valence-corrected chi connectivity index (χ1v) is 10.4. The fraction of sp³-hybridized carbons (Fsp3) is 0.500. The van der Waals surface area contributed by atoms with E-state index in [-0.39, 0.29) is 24.2 Å². The zero-order valence-electron chi connectivity index (χ0n) is 18.1. The number of hydrogen-bond acceptors (Lipinski definition) is 7. The van der Waals surface area contributed by atoms with Crippen molar-refractivity contribution < 1.29 is 19.3 Å². The standard InChI is InChI=1S/C22H28FN5O3/c1-12(2)18-19(22(3,4)30)27-20-14(23)9-13(10-28(18)20)15-5-7-24-21(25-15)26-16-6-8-31-11-17(16)29/h5,7,9-10,12,16-17,29-30H,6,8,11H2,1-4H3,(H,24,25,26)/t16-,17-/m1/s1. The predicted octanol–water partition coefficient (Wildman–Crippen LogP) is 2.84. The van der Waals surface area contributed by atoms with Crippen LogP contribution in [0.5, 0.6) is 0 Å². The minimum Gasteiger partial charge on any atom is -0.389 e. The molecule has 1 aliphatic heterocycles. The number of hydrogen-bond donors (Lipinski definition) is 3. The van der Waals surface area contributed by atoms with Crippen molar-refractivity contribution in [3.63, 3.8) is 0 Å². The van der Waals surface area contributed by atoms with Crippen molar-refractivity contribution in [3.8, 4) is 11.3 Å². The average molecular weight is 429 g/mol. The molecule has 1 aliphatic rings. The van der Waals surface area contributed by atoms with E-state index < -0.39 is 17.5 Å². The highest BCUT2D eigenvalue weighted by molar-refractivity contribution is 5.63. The van der Waals surface area contributed by atoms with Crippen LogP contribution in [0.15, 0.2) is 24.5 Å². The zero-order chi connectivity index (χ0) is 22.3. The van der Waals surface area contributed by atoms with Gasteiger partial charge in [-0.05, 0) is 38.3 Å². The van der Waals surface area contributed by atoms with E-state index in [4.69, 9.17) is 4.74 Å². The fourth-order valence-electron chi connectivity index (χ4n) is 3.91. The summed E-state index contributed by atoms with van der Waals surface area (Å²) in [5, 5.41) is 23.8. The van der Waals surface area contributed by atoms with Crippen LogP contribution in [0, 0.1) is 5.82 Å². The Hall–Kier alpha value is -2.62. The number of aliphatic hydroxyl groups excluding tert-OH is 1. The van der Waals surface area contributed by atoms with Crippen LogP contribution in [0.25, 0.3) is 16.9 Å². The van der Waals surface area contributed by atoms with Crippen LogP contribution in [-0.4, -0.2) is 54.9 Å². The summed E-state index contributed by atoms with van der Waals surface area (Å²) in [6.07, 6.45) is 3.38. The van der Waals surface area contributed by atoms with Crippen LogP contribution in [-0.2, 0) is 10.3 Å². The van der Waals surface area contributed by atoms with Crippen molar-refractivity contribution in [2.24, 2.45) is 0 Å². The Morgan fingerprint density at radius 1 is 1.32 bits per heavy atom. The summed E-state index contributed by atoms with van der Waals surface area (Å²) >= 11 is 0. The van der Waals surface area contributed by atoms with Crippen LogP contribution in [0.2, 0.25) is 0 Å². The van der Waals surface area contributed by atoms with E-state index in [1.54, 1.807) is 36.7 Å². The highest BCUT2D eigenvalue weighted by Gasteiger charge is 2.29. The number of halogens is 1. The maximum Gasteiger partial charge on any atom is 0.223 e. The van der Waals surface area contributed by atoms with Crippen molar-refractivity contribution in [3.05, 3.63) is 41.7 Å². The summed E-state index contributed by atoms with van der Waals surface area (Å²) in [4.78, 5) is 13.2. The molecule has 3 aromatic heterocycles. The van der Waals surface area contributed by atoms with Gasteiger partial charge in [0.25, 0.3) is 0 Å². The van der Waals surface area contributed by atoms with Gasteiger partial charge in [-0.15, -0.1) is 0 Å². The topological polar surface area (TPSA) is 105 Å². The maximum atomic E-state index is 15.0. The van der Waals surface area contributed by atoms with Crippen LogP contribution < -0.4 is 5.32 Å². The molecule has 8 nitrogen and oxygen atoms in total. The number of fused-ring (bicyclic) bond motifs is 1. The van der Waals surface area contributed by atoms with Crippen molar-refractivity contribution in [2.45, 2.75) is 57.8 Å². The van der Waals surface area contributed by atoms with Gasteiger partial charge >= 0.3 is 0 Å². The molecule has 3 aromatic rings. The number of pyridine rings is 1. The Balaban J connectivity index is 1.75. The highest BCUT2D eigenvalue weighted by Crippen LogP contribution is 2.32. The van der Waals surface area contributed by atoms with Gasteiger partial charge in [-0.25, -0.2) is 19.3 Å². The molecule has 0 unspecified atom stereocenters. The summed E-state index contributed by atoms with van der Waals surface area (Å²) in [5.74, 6) is -0.123. The Kier molecular flexibility index (Phi) is 5.67. The quantitative estimate of drug-likeness (QED) is 0.573. The molecule has 2 atom stereocenters. The minimum atomic E-state index is -1.20. The fourth-order valence-corrected chi connectivity index (χ4v) is 3.91. The number of anilines is 1. The zero-order valence-corrected chi connectivity index (χ0v) is 18.1. The Morgan fingerprint density at radius 3 is 2.77 bits per heavy atom. The lowest BCUT2D eigenvalue weighted by Crippen LogP contribution is -2.42. The number of rotatable bonds is 5. The highest BCUT2D eigenvalue weighted by atomic mass is 19.1. The molecule has 0 saturated carbocycles. The normalized spacial score (nSPS) is 19.9.